The molecule has 8 nitrogen and oxygen atoms in total. The number of aliphatic hydroxyl groups is 3. The highest BCUT2D eigenvalue weighted by Crippen LogP contribution is 2.44. The van der Waals surface area contributed by atoms with Gasteiger partial charge >= 0.3 is 11.9 Å². The second kappa shape index (κ2) is 13.2. The van der Waals surface area contributed by atoms with Crippen molar-refractivity contribution in [2.24, 2.45) is 17.8 Å². The van der Waals surface area contributed by atoms with E-state index in [-0.39, 0.29) is 30.6 Å². The van der Waals surface area contributed by atoms with Crippen LogP contribution < -0.4 is 4.74 Å². The summed E-state index contributed by atoms with van der Waals surface area (Å²) >= 11 is 0. The van der Waals surface area contributed by atoms with Crippen LogP contribution in [0.5, 0.6) is 5.75 Å². The van der Waals surface area contributed by atoms with Gasteiger partial charge in [0.15, 0.2) is 6.10 Å². The average molecular weight is 517 g/mol. The Labute approximate surface area is 218 Å². The van der Waals surface area contributed by atoms with Crippen molar-refractivity contribution in [3.63, 3.8) is 0 Å². The van der Waals surface area contributed by atoms with E-state index >= 15 is 0 Å². The van der Waals surface area contributed by atoms with E-state index in [1.165, 1.54) is 0 Å². The molecule has 0 spiro atoms. The van der Waals surface area contributed by atoms with E-state index in [1.807, 2.05) is 44.2 Å². The number of ether oxygens (including phenoxy) is 2. The minimum atomic E-state index is -1.11. The molecule has 3 rings (SSSR count). The van der Waals surface area contributed by atoms with Crippen molar-refractivity contribution < 1.29 is 39.5 Å². The summed E-state index contributed by atoms with van der Waals surface area (Å²) in [6.07, 6.45) is 3.07. The summed E-state index contributed by atoms with van der Waals surface area (Å²) in [4.78, 5) is 24.0. The highest BCUT2D eigenvalue weighted by atomic mass is 16.6. The van der Waals surface area contributed by atoms with Gasteiger partial charge in [-0.2, -0.15) is 0 Å². The zero-order valence-corrected chi connectivity index (χ0v) is 21.8. The number of esters is 1. The molecule has 8 unspecified atom stereocenters. The molecule has 4 N–H and O–H groups in total. The molecule has 2 aliphatic rings. The largest absolute Gasteiger partial charge is 0.481 e. The molecule has 0 aromatic heterocycles. The van der Waals surface area contributed by atoms with Crippen molar-refractivity contribution in [2.75, 3.05) is 0 Å². The molecule has 8 heteroatoms. The van der Waals surface area contributed by atoms with E-state index in [4.69, 9.17) is 14.6 Å². The highest BCUT2D eigenvalue weighted by Gasteiger charge is 2.42. The number of hydrogen-bond acceptors (Lipinski definition) is 7. The molecule has 0 fully saturated rings. The standard InChI is InChI=1S/C29H40O8/c1-4-24(36-25-8-6-5-7-18(25)3)29(35)37-26-15-21(31)13-19-10-9-17(2)23(28(19)26)12-11-20(30)14-22(32)16-27(33)34/h5-10,13,17,20-24,26,28,30-32H,4,11-12,14-16H2,1-3H3,(H,33,34). The Kier molecular flexibility index (Phi) is 10.3. The third-order valence-electron chi connectivity index (χ3n) is 7.42. The summed E-state index contributed by atoms with van der Waals surface area (Å²) in [7, 11) is 0. The second-order valence-corrected chi connectivity index (χ2v) is 10.4. The van der Waals surface area contributed by atoms with Gasteiger partial charge in [-0.05, 0) is 61.6 Å². The molecular formula is C29H40O8. The van der Waals surface area contributed by atoms with E-state index in [0.29, 0.717) is 25.0 Å². The van der Waals surface area contributed by atoms with Gasteiger partial charge < -0.3 is 29.9 Å². The Hall–Kier alpha value is -2.68. The maximum atomic E-state index is 13.2. The van der Waals surface area contributed by atoms with E-state index in [1.54, 1.807) is 6.08 Å². The lowest BCUT2D eigenvalue weighted by Gasteiger charge is -2.43. The fourth-order valence-corrected chi connectivity index (χ4v) is 5.45. The second-order valence-electron chi connectivity index (χ2n) is 10.4. The first-order chi connectivity index (χ1) is 17.6. The SMILES string of the molecule is CCC(Oc1ccccc1C)C(=O)OC1CC(O)C=C2C=CC(C)C(CCC(O)CC(O)CC(=O)O)C21. The van der Waals surface area contributed by atoms with Crippen LogP contribution >= 0.6 is 0 Å². The monoisotopic (exact) mass is 516 g/mol. The van der Waals surface area contributed by atoms with Gasteiger partial charge in [0.1, 0.15) is 11.9 Å². The molecule has 2 aliphatic carbocycles. The van der Waals surface area contributed by atoms with Crippen LogP contribution in [0.4, 0.5) is 0 Å². The summed E-state index contributed by atoms with van der Waals surface area (Å²) in [6, 6.07) is 7.49. The zero-order chi connectivity index (χ0) is 27.1. The smallest absolute Gasteiger partial charge is 0.347 e. The lowest BCUT2D eigenvalue weighted by Crippen LogP contribution is -2.44. The van der Waals surface area contributed by atoms with Gasteiger partial charge in [0.05, 0.1) is 24.7 Å². The predicted molar refractivity (Wildman–Crippen MR) is 138 cm³/mol. The van der Waals surface area contributed by atoms with E-state index in [2.05, 4.69) is 13.0 Å². The summed E-state index contributed by atoms with van der Waals surface area (Å²) < 4.78 is 12.0. The molecule has 1 aromatic rings. The molecule has 0 bridgehead atoms. The van der Waals surface area contributed by atoms with Crippen LogP contribution in [0, 0.1) is 24.7 Å². The summed E-state index contributed by atoms with van der Waals surface area (Å²) in [5, 5.41) is 39.7. The summed E-state index contributed by atoms with van der Waals surface area (Å²) in [5.74, 6) is -0.934. The van der Waals surface area contributed by atoms with Crippen LogP contribution in [0.1, 0.15) is 57.9 Å². The highest BCUT2D eigenvalue weighted by molar-refractivity contribution is 5.75. The van der Waals surface area contributed by atoms with Crippen molar-refractivity contribution in [1.29, 1.82) is 0 Å². The maximum Gasteiger partial charge on any atom is 0.347 e. The Morgan fingerprint density at radius 2 is 1.89 bits per heavy atom. The fraction of sp³-hybridized carbons (Fsp3) is 0.586. The molecular weight excluding hydrogens is 476 g/mol. The van der Waals surface area contributed by atoms with Crippen LogP contribution in [0.25, 0.3) is 0 Å². The molecule has 1 aromatic carbocycles. The van der Waals surface area contributed by atoms with Crippen molar-refractivity contribution in [3.05, 3.63) is 53.6 Å². The van der Waals surface area contributed by atoms with Crippen molar-refractivity contribution in [1.82, 2.24) is 0 Å². The van der Waals surface area contributed by atoms with Crippen LogP contribution in [0.15, 0.2) is 48.1 Å². The van der Waals surface area contributed by atoms with Gasteiger partial charge in [0.25, 0.3) is 0 Å². The molecule has 0 aliphatic heterocycles. The van der Waals surface area contributed by atoms with Crippen molar-refractivity contribution in [3.8, 4) is 5.75 Å². The third kappa shape index (κ3) is 7.90. The van der Waals surface area contributed by atoms with Crippen LogP contribution in [-0.4, -0.2) is 62.9 Å². The number of allylic oxidation sites excluding steroid dienone is 2. The zero-order valence-electron chi connectivity index (χ0n) is 21.8. The molecule has 0 saturated carbocycles. The summed E-state index contributed by atoms with van der Waals surface area (Å²) in [6.45, 7) is 5.85. The maximum absolute atomic E-state index is 13.2. The quantitative estimate of drug-likeness (QED) is 0.310. The third-order valence-corrected chi connectivity index (χ3v) is 7.42. The molecule has 0 radical (unpaired) electrons. The van der Waals surface area contributed by atoms with Gasteiger partial charge in [0, 0.05) is 12.3 Å². The van der Waals surface area contributed by atoms with Crippen LogP contribution in [-0.2, 0) is 14.3 Å². The topological polar surface area (TPSA) is 134 Å². The molecule has 204 valence electrons. The number of aliphatic hydroxyl groups excluding tert-OH is 3. The minimum absolute atomic E-state index is 0.0118. The fourth-order valence-electron chi connectivity index (χ4n) is 5.45. The number of aryl methyl sites for hydroxylation is 1. The van der Waals surface area contributed by atoms with Gasteiger partial charge in [0.2, 0.25) is 0 Å². The molecule has 0 amide bonds. The number of carboxylic acid groups (broad SMARTS) is 1. The lowest BCUT2D eigenvalue weighted by molar-refractivity contribution is -0.163. The van der Waals surface area contributed by atoms with Crippen LogP contribution in [0.2, 0.25) is 0 Å². The first kappa shape index (κ1) is 28.9. The number of aliphatic carboxylic acids is 1. The van der Waals surface area contributed by atoms with E-state index in [9.17, 15) is 24.9 Å². The Balaban J connectivity index is 1.71. The normalized spacial score (nSPS) is 27.4. The minimum Gasteiger partial charge on any atom is -0.481 e. The van der Waals surface area contributed by atoms with Gasteiger partial charge in [-0.1, -0.05) is 50.3 Å². The number of benzene rings is 1. The Bertz CT molecular complexity index is 986. The Morgan fingerprint density at radius 3 is 2.57 bits per heavy atom. The number of carbonyl (C=O) groups is 2. The first-order valence-corrected chi connectivity index (χ1v) is 13.2. The van der Waals surface area contributed by atoms with Gasteiger partial charge in [-0.15, -0.1) is 0 Å². The van der Waals surface area contributed by atoms with E-state index in [0.717, 1.165) is 11.1 Å². The van der Waals surface area contributed by atoms with Crippen molar-refractivity contribution in [2.45, 2.75) is 89.8 Å². The summed E-state index contributed by atoms with van der Waals surface area (Å²) in [5.41, 5.74) is 1.83. The lowest BCUT2D eigenvalue weighted by atomic mass is 9.66. The number of hydrogen-bond donors (Lipinski definition) is 4. The average Bonchev–Trinajstić information content (AvgIpc) is 2.82. The van der Waals surface area contributed by atoms with Crippen LogP contribution in [0.3, 0.4) is 0 Å². The first-order valence-electron chi connectivity index (χ1n) is 13.2. The van der Waals surface area contributed by atoms with Gasteiger partial charge in [-0.3, -0.25) is 4.79 Å². The Morgan fingerprint density at radius 1 is 1.16 bits per heavy atom. The number of carboxylic acids is 1. The molecule has 8 atom stereocenters. The number of carbonyl (C=O) groups excluding carboxylic acids is 1. The predicted octanol–water partition coefficient (Wildman–Crippen LogP) is 3.56. The van der Waals surface area contributed by atoms with Gasteiger partial charge in [-0.25, -0.2) is 4.79 Å². The molecule has 0 heterocycles. The number of fused-ring (bicyclic) bond motifs is 1. The van der Waals surface area contributed by atoms with Crippen molar-refractivity contribution >= 4 is 11.9 Å². The number of rotatable bonds is 12. The molecule has 0 saturated heterocycles. The number of para-hydroxylation sites is 1. The molecule has 37 heavy (non-hydrogen) atoms. The van der Waals surface area contributed by atoms with E-state index < -0.39 is 48.9 Å².